The Morgan fingerprint density at radius 1 is 1.35 bits per heavy atom. The molecule has 0 aliphatic carbocycles. The Labute approximate surface area is 155 Å². The largest absolute Gasteiger partial charge is 0.359 e. The Bertz CT molecular complexity index is 765. The van der Waals surface area contributed by atoms with Gasteiger partial charge in [-0.05, 0) is 36.3 Å². The Kier molecular flexibility index (Phi) is 5.61. The first kappa shape index (κ1) is 18.4. The standard InChI is InChI=1S/C18H21N3O4S/c1-19-15(22)6-3-9-26-14-5-2-4-11-12(14)10-21(18(11)25)13-7-8-16(23)20-17(13)24/h2,4-5,13H,3,6-10H2,1H3,(H,19,22)(H,20,23,24). The molecule has 0 bridgehead atoms. The van der Waals surface area contributed by atoms with E-state index in [1.165, 1.54) is 0 Å². The average Bonchev–Trinajstić information content (AvgIpc) is 2.96. The summed E-state index contributed by atoms with van der Waals surface area (Å²) in [6.45, 7) is 0.374. The Hall–Kier alpha value is -2.35. The maximum absolute atomic E-state index is 12.7. The van der Waals surface area contributed by atoms with E-state index in [1.807, 2.05) is 12.1 Å². The van der Waals surface area contributed by atoms with Gasteiger partial charge in [0, 0.05) is 36.9 Å². The summed E-state index contributed by atoms with van der Waals surface area (Å²) in [5.41, 5.74) is 1.54. The number of hydrogen-bond donors (Lipinski definition) is 2. The van der Waals surface area contributed by atoms with Crippen LogP contribution in [0.4, 0.5) is 0 Å². The van der Waals surface area contributed by atoms with E-state index < -0.39 is 11.9 Å². The van der Waals surface area contributed by atoms with Crippen LogP contribution in [0.15, 0.2) is 23.1 Å². The number of rotatable bonds is 6. The maximum atomic E-state index is 12.7. The Morgan fingerprint density at radius 3 is 2.88 bits per heavy atom. The van der Waals surface area contributed by atoms with Gasteiger partial charge in [0.2, 0.25) is 17.7 Å². The Morgan fingerprint density at radius 2 is 2.15 bits per heavy atom. The van der Waals surface area contributed by atoms with E-state index in [-0.39, 0.29) is 24.1 Å². The summed E-state index contributed by atoms with van der Waals surface area (Å²) in [5, 5.41) is 4.91. The highest BCUT2D eigenvalue weighted by Crippen LogP contribution is 2.34. The van der Waals surface area contributed by atoms with Crippen molar-refractivity contribution in [1.29, 1.82) is 0 Å². The molecule has 2 aliphatic rings. The summed E-state index contributed by atoms with van der Waals surface area (Å²) in [5.74, 6) is -0.0633. The summed E-state index contributed by atoms with van der Waals surface area (Å²) in [7, 11) is 1.62. The number of nitrogens with one attached hydrogen (secondary N) is 2. The average molecular weight is 375 g/mol. The minimum Gasteiger partial charge on any atom is -0.359 e. The molecule has 4 amide bonds. The molecule has 8 heteroatoms. The van der Waals surface area contributed by atoms with Gasteiger partial charge < -0.3 is 10.2 Å². The number of fused-ring (bicyclic) bond motifs is 1. The van der Waals surface area contributed by atoms with Crippen molar-refractivity contribution in [2.24, 2.45) is 0 Å². The number of carbonyl (C=O) groups excluding carboxylic acids is 4. The second-order valence-corrected chi connectivity index (χ2v) is 7.44. The molecule has 1 unspecified atom stereocenters. The molecule has 0 aromatic heterocycles. The van der Waals surface area contributed by atoms with Gasteiger partial charge in [-0.25, -0.2) is 0 Å². The van der Waals surface area contributed by atoms with E-state index in [9.17, 15) is 19.2 Å². The molecule has 2 N–H and O–H groups in total. The minimum absolute atomic E-state index is 0.0168. The molecule has 1 aromatic rings. The van der Waals surface area contributed by atoms with Crippen molar-refractivity contribution in [1.82, 2.24) is 15.5 Å². The van der Waals surface area contributed by atoms with E-state index in [4.69, 9.17) is 0 Å². The van der Waals surface area contributed by atoms with Gasteiger partial charge in [-0.2, -0.15) is 0 Å². The van der Waals surface area contributed by atoms with Crippen molar-refractivity contribution in [2.45, 2.75) is 43.2 Å². The van der Waals surface area contributed by atoms with E-state index in [0.29, 0.717) is 24.9 Å². The summed E-state index contributed by atoms with van der Waals surface area (Å²) >= 11 is 1.62. The molecule has 0 saturated carbocycles. The highest BCUT2D eigenvalue weighted by molar-refractivity contribution is 7.99. The molecule has 1 fully saturated rings. The van der Waals surface area contributed by atoms with E-state index >= 15 is 0 Å². The molecule has 26 heavy (non-hydrogen) atoms. The SMILES string of the molecule is CNC(=O)CCCSc1cccc2c1CN(C1CCC(=O)NC1=O)C2=O. The summed E-state index contributed by atoms with van der Waals surface area (Å²) < 4.78 is 0. The molecule has 1 aromatic carbocycles. The predicted octanol–water partition coefficient (Wildman–Crippen LogP) is 1.07. The molecule has 1 saturated heterocycles. The fourth-order valence-corrected chi connectivity index (χ4v) is 4.26. The highest BCUT2D eigenvalue weighted by Gasteiger charge is 2.39. The van der Waals surface area contributed by atoms with Crippen molar-refractivity contribution in [3.8, 4) is 0 Å². The topological polar surface area (TPSA) is 95.6 Å². The van der Waals surface area contributed by atoms with Gasteiger partial charge in [0.05, 0.1) is 0 Å². The number of nitrogens with zero attached hydrogens (tertiary/aromatic N) is 1. The maximum Gasteiger partial charge on any atom is 0.255 e. The van der Waals surface area contributed by atoms with Gasteiger partial charge in [-0.3, -0.25) is 24.5 Å². The zero-order valence-corrected chi connectivity index (χ0v) is 15.4. The molecular weight excluding hydrogens is 354 g/mol. The lowest BCUT2D eigenvalue weighted by atomic mass is 10.0. The number of hydrogen-bond acceptors (Lipinski definition) is 5. The van der Waals surface area contributed by atoms with Crippen LogP contribution >= 0.6 is 11.8 Å². The molecule has 3 rings (SSSR count). The number of thioether (sulfide) groups is 1. The van der Waals surface area contributed by atoms with Gasteiger partial charge in [0.1, 0.15) is 6.04 Å². The first-order valence-electron chi connectivity index (χ1n) is 8.61. The zero-order chi connectivity index (χ0) is 18.7. The van der Waals surface area contributed by atoms with E-state index in [1.54, 1.807) is 29.8 Å². The van der Waals surface area contributed by atoms with Crippen LogP contribution in [0.5, 0.6) is 0 Å². The molecule has 0 spiro atoms. The van der Waals surface area contributed by atoms with Crippen molar-refractivity contribution >= 4 is 35.4 Å². The minimum atomic E-state index is -0.598. The third-order valence-corrected chi connectivity index (χ3v) is 5.81. The van der Waals surface area contributed by atoms with E-state index in [0.717, 1.165) is 22.6 Å². The quantitative estimate of drug-likeness (QED) is 0.440. The van der Waals surface area contributed by atoms with Crippen molar-refractivity contribution in [2.75, 3.05) is 12.8 Å². The third kappa shape index (κ3) is 3.75. The first-order chi connectivity index (χ1) is 12.5. The summed E-state index contributed by atoms with van der Waals surface area (Å²) in [6.07, 6.45) is 1.83. The predicted molar refractivity (Wildman–Crippen MR) is 96.5 cm³/mol. The number of carbonyl (C=O) groups is 4. The number of piperidine rings is 1. The molecule has 7 nitrogen and oxygen atoms in total. The number of amides is 4. The molecule has 0 radical (unpaired) electrons. The van der Waals surface area contributed by atoms with Crippen LogP contribution in [0, 0.1) is 0 Å². The van der Waals surface area contributed by atoms with Crippen LogP contribution in [-0.4, -0.2) is 47.4 Å². The normalized spacial score (nSPS) is 19.3. The summed E-state index contributed by atoms with van der Waals surface area (Å²) in [6, 6.07) is 4.98. The lowest BCUT2D eigenvalue weighted by Gasteiger charge is -2.29. The van der Waals surface area contributed by atoms with Crippen LogP contribution in [0.25, 0.3) is 0 Å². The van der Waals surface area contributed by atoms with Crippen LogP contribution in [0.3, 0.4) is 0 Å². The third-order valence-electron chi connectivity index (χ3n) is 4.62. The van der Waals surface area contributed by atoms with Crippen LogP contribution in [0.2, 0.25) is 0 Å². The molecular formula is C18H21N3O4S. The molecule has 138 valence electrons. The number of imide groups is 1. The monoisotopic (exact) mass is 375 g/mol. The van der Waals surface area contributed by atoms with Gasteiger partial charge in [0.15, 0.2) is 0 Å². The zero-order valence-electron chi connectivity index (χ0n) is 14.5. The van der Waals surface area contributed by atoms with Crippen molar-refractivity contribution in [3.63, 3.8) is 0 Å². The van der Waals surface area contributed by atoms with Crippen LogP contribution < -0.4 is 10.6 Å². The summed E-state index contributed by atoms with van der Waals surface area (Å²) in [4.78, 5) is 50.0. The molecule has 2 aliphatic heterocycles. The number of benzene rings is 1. The van der Waals surface area contributed by atoms with Crippen molar-refractivity contribution in [3.05, 3.63) is 29.3 Å². The van der Waals surface area contributed by atoms with Crippen LogP contribution in [0.1, 0.15) is 41.6 Å². The van der Waals surface area contributed by atoms with Crippen molar-refractivity contribution < 1.29 is 19.2 Å². The second-order valence-electron chi connectivity index (χ2n) is 6.31. The fourth-order valence-electron chi connectivity index (χ4n) is 3.23. The Balaban J connectivity index is 1.68. The smallest absolute Gasteiger partial charge is 0.255 e. The lowest BCUT2D eigenvalue weighted by Crippen LogP contribution is -2.52. The van der Waals surface area contributed by atoms with E-state index in [2.05, 4.69) is 10.6 Å². The van der Waals surface area contributed by atoms with Crippen LogP contribution in [-0.2, 0) is 20.9 Å². The van der Waals surface area contributed by atoms with Gasteiger partial charge in [0.25, 0.3) is 5.91 Å². The van der Waals surface area contributed by atoms with Gasteiger partial charge in [-0.15, -0.1) is 11.8 Å². The molecule has 2 heterocycles. The molecule has 1 atom stereocenters. The first-order valence-corrected chi connectivity index (χ1v) is 9.59. The second kappa shape index (κ2) is 7.90. The highest BCUT2D eigenvalue weighted by atomic mass is 32.2. The van der Waals surface area contributed by atoms with Gasteiger partial charge in [-0.1, -0.05) is 6.07 Å². The fraction of sp³-hybridized carbons (Fsp3) is 0.444. The lowest BCUT2D eigenvalue weighted by molar-refractivity contribution is -0.137. The van der Waals surface area contributed by atoms with Gasteiger partial charge >= 0.3 is 0 Å².